The van der Waals surface area contributed by atoms with Gasteiger partial charge in [0, 0.05) is 66.8 Å². The van der Waals surface area contributed by atoms with Gasteiger partial charge in [-0.3, -0.25) is 0 Å². The zero-order chi connectivity index (χ0) is 65.5. The van der Waals surface area contributed by atoms with Crippen molar-refractivity contribution in [3.05, 3.63) is 393 Å². The SMILES string of the molecule is CC1(C)c2ccccc2-c2cc3c(N(c4ccc(-c5ccccc5)cc4)c4cccc(-c5ccccc5)c4)c4cc(N(c5ccc(-c6ccccc6)cc5)c5cccc(-c6ccccc6)c5)ccc4c(N(c4ccc(-c5ccccc5)cc4)c4cccc(-c5ccccc5)c4)c3cc21. The van der Waals surface area contributed by atoms with Crippen LogP contribution in [0.2, 0.25) is 0 Å². The van der Waals surface area contributed by atoms with Crippen LogP contribution >= 0.6 is 0 Å². The lowest BCUT2D eigenvalue weighted by Gasteiger charge is -2.34. The molecule has 464 valence electrons. The van der Waals surface area contributed by atoms with Crippen LogP contribution in [0.15, 0.2) is 382 Å². The molecule has 0 N–H and O–H groups in total. The molecule has 17 rings (SSSR count). The topological polar surface area (TPSA) is 9.72 Å². The Balaban J connectivity index is 1.02. The van der Waals surface area contributed by atoms with Gasteiger partial charge in [-0.1, -0.05) is 299 Å². The van der Waals surface area contributed by atoms with Crippen LogP contribution < -0.4 is 14.7 Å². The predicted octanol–water partition coefficient (Wildman–Crippen LogP) is 26.7. The molecule has 1 aliphatic carbocycles. The average Bonchev–Trinajstić information content (AvgIpc) is 1.35. The first-order valence-electron chi connectivity index (χ1n) is 33.9. The van der Waals surface area contributed by atoms with Crippen LogP contribution in [-0.4, -0.2) is 0 Å². The van der Waals surface area contributed by atoms with Crippen molar-refractivity contribution in [2.45, 2.75) is 19.3 Å². The van der Waals surface area contributed by atoms with E-state index < -0.39 is 0 Å². The molecule has 0 heterocycles. The van der Waals surface area contributed by atoms with Crippen molar-refractivity contribution in [3.8, 4) is 77.9 Å². The number of hydrogen-bond acceptors (Lipinski definition) is 3. The van der Waals surface area contributed by atoms with Crippen molar-refractivity contribution in [3.63, 3.8) is 0 Å². The molecule has 0 aliphatic heterocycles. The summed E-state index contributed by atoms with van der Waals surface area (Å²) in [6, 6.07) is 141. The van der Waals surface area contributed by atoms with E-state index >= 15 is 0 Å². The maximum absolute atomic E-state index is 2.57. The molecule has 0 amide bonds. The first-order valence-corrected chi connectivity index (χ1v) is 33.9. The van der Waals surface area contributed by atoms with Crippen molar-refractivity contribution >= 4 is 72.7 Å². The smallest absolute Gasteiger partial charge is 0.0620 e. The fourth-order valence-corrected chi connectivity index (χ4v) is 14.9. The van der Waals surface area contributed by atoms with Gasteiger partial charge in [0.05, 0.1) is 11.4 Å². The second-order valence-electron chi connectivity index (χ2n) is 26.0. The molecule has 3 nitrogen and oxygen atoms in total. The van der Waals surface area contributed by atoms with E-state index in [1.165, 1.54) is 38.9 Å². The van der Waals surface area contributed by atoms with Crippen LogP contribution in [0.4, 0.5) is 51.2 Å². The molecule has 0 saturated heterocycles. The highest BCUT2D eigenvalue weighted by Crippen LogP contribution is 2.58. The Kier molecular flexibility index (Phi) is 15.3. The molecular formula is C95H69N3. The Morgan fingerprint density at radius 1 is 0.173 bits per heavy atom. The molecule has 16 aromatic rings. The van der Waals surface area contributed by atoms with Crippen LogP contribution in [-0.2, 0) is 5.41 Å². The standard InChI is InChI=1S/C95H69N3/c1-95(2)91-45-22-21-44-85(91)87-64-89-90(65-92(87)95)93(97(79-54-48-73(49-55-79)67-28-11-4-12-29-67)82-42-24-39-76(61-82)70-34-17-7-18-35-70)86-59-58-84(96(78-52-46-72(47-53-78)66-26-9-3-10-27-66)81-41-23-38-75(60-81)69-32-15-6-16-33-69)63-88(86)94(89)98(80-56-50-74(51-57-80)68-30-13-5-14-31-68)83-43-25-40-77(62-83)71-36-19-8-20-37-71/h3-65H,1-2H3. The van der Waals surface area contributed by atoms with Crippen molar-refractivity contribution < 1.29 is 0 Å². The quantitative estimate of drug-likeness (QED) is 0.0748. The first-order chi connectivity index (χ1) is 48.4. The van der Waals surface area contributed by atoms with Crippen LogP contribution in [0, 0.1) is 0 Å². The number of anilines is 9. The Hall–Kier alpha value is -12.6. The molecule has 0 bridgehead atoms. The fraction of sp³-hybridized carbons (Fsp3) is 0.0316. The number of fused-ring (bicyclic) bond motifs is 5. The number of hydrogen-bond donors (Lipinski definition) is 0. The van der Waals surface area contributed by atoms with Gasteiger partial charge in [-0.2, -0.15) is 0 Å². The number of nitrogens with zero attached hydrogens (tertiary/aromatic N) is 3. The summed E-state index contributed by atoms with van der Waals surface area (Å²) in [7, 11) is 0. The minimum absolute atomic E-state index is 0.326. The van der Waals surface area contributed by atoms with Gasteiger partial charge in [-0.15, -0.1) is 0 Å². The molecule has 1 aliphatic rings. The molecule has 0 radical (unpaired) electrons. The molecule has 0 saturated carbocycles. The predicted molar refractivity (Wildman–Crippen MR) is 416 cm³/mol. The van der Waals surface area contributed by atoms with Gasteiger partial charge < -0.3 is 14.7 Å². The number of benzene rings is 16. The van der Waals surface area contributed by atoms with Crippen LogP contribution in [0.5, 0.6) is 0 Å². The Morgan fingerprint density at radius 2 is 0.459 bits per heavy atom. The van der Waals surface area contributed by atoms with E-state index in [4.69, 9.17) is 0 Å². The van der Waals surface area contributed by atoms with E-state index in [0.29, 0.717) is 0 Å². The maximum Gasteiger partial charge on any atom is 0.0620 e. The molecule has 16 aromatic carbocycles. The minimum atomic E-state index is -0.326. The highest BCUT2D eigenvalue weighted by Gasteiger charge is 2.38. The van der Waals surface area contributed by atoms with Crippen molar-refractivity contribution in [1.29, 1.82) is 0 Å². The lowest BCUT2D eigenvalue weighted by Crippen LogP contribution is -2.17. The van der Waals surface area contributed by atoms with Crippen LogP contribution in [0.3, 0.4) is 0 Å². The van der Waals surface area contributed by atoms with E-state index in [9.17, 15) is 0 Å². The van der Waals surface area contributed by atoms with E-state index in [1.807, 2.05) is 0 Å². The zero-order valence-corrected chi connectivity index (χ0v) is 54.7. The van der Waals surface area contributed by atoms with Gasteiger partial charge in [0.1, 0.15) is 0 Å². The van der Waals surface area contributed by atoms with Gasteiger partial charge in [0.2, 0.25) is 0 Å². The van der Waals surface area contributed by atoms with Crippen LogP contribution in [0.1, 0.15) is 25.0 Å². The van der Waals surface area contributed by atoms with Crippen molar-refractivity contribution in [2.75, 3.05) is 14.7 Å². The second kappa shape index (κ2) is 25.3. The molecule has 0 unspecified atom stereocenters. The zero-order valence-electron chi connectivity index (χ0n) is 54.7. The Labute approximate surface area is 574 Å². The summed E-state index contributed by atoms with van der Waals surface area (Å²) in [5, 5.41) is 4.40. The molecular weight excluding hydrogens is 1180 g/mol. The van der Waals surface area contributed by atoms with Gasteiger partial charge in [-0.25, -0.2) is 0 Å². The van der Waals surface area contributed by atoms with Gasteiger partial charge >= 0.3 is 0 Å². The summed E-state index contributed by atoms with van der Waals surface area (Å²) in [5.74, 6) is 0. The highest BCUT2D eigenvalue weighted by molar-refractivity contribution is 6.25. The van der Waals surface area contributed by atoms with Crippen molar-refractivity contribution in [1.82, 2.24) is 0 Å². The average molecular weight is 1250 g/mol. The summed E-state index contributed by atoms with van der Waals surface area (Å²) >= 11 is 0. The van der Waals surface area contributed by atoms with E-state index in [2.05, 4.69) is 411 Å². The van der Waals surface area contributed by atoms with Gasteiger partial charge in [0.15, 0.2) is 0 Å². The van der Waals surface area contributed by atoms with Crippen molar-refractivity contribution in [2.24, 2.45) is 0 Å². The largest absolute Gasteiger partial charge is 0.310 e. The third-order valence-corrected chi connectivity index (χ3v) is 19.8. The summed E-state index contributed by atoms with van der Waals surface area (Å²) in [5.41, 5.74) is 28.0. The molecule has 0 fully saturated rings. The van der Waals surface area contributed by atoms with E-state index in [-0.39, 0.29) is 5.41 Å². The first kappa shape index (κ1) is 59.2. The summed E-state index contributed by atoms with van der Waals surface area (Å²) in [6.07, 6.45) is 0. The third-order valence-electron chi connectivity index (χ3n) is 19.8. The summed E-state index contributed by atoms with van der Waals surface area (Å²) in [4.78, 5) is 7.56. The molecule has 0 atom stereocenters. The normalized spacial score (nSPS) is 12.1. The monoisotopic (exact) mass is 1250 g/mol. The van der Waals surface area contributed by atoms with Gasteiger partial charge in [0.25, 0.3) is 0 Å². The maximum atomic E-state index is 2.57. The molecule has 3 heteroatoms. The lowest BCUT2D eigenvalue weighted by molar-refractivity contribution is 0.661. The molecule has 0 aromatic heterocycles. The minimum Gasteiger partial charge on any atom is -0.310 e. The highest BCUT2D eigenvalue weighted by atomic mass is 15.2. The molecule has 98 heavy (non-hydrogen) atoms. The molecule has 0 spiro atoms. The fourth-order valence-electron chi connectivity index (χ4n) is 14.9. The van der Waals surface area contributed by atoms with Crippen LogP contribution in [0.25, 0.3) is 99.4 Å². The van der Waals surface area contributed by atoms with E-state index in [0.717, 1.165) is 123 Å². The van der Waals surface area contributed by atoms with E-state index in [1.54, 1.807) is 0 Å². The second-order valence-corrected chi connectivity index (χ2v) is 26.0. The summed E-state index contributed by atoms with van der Waals surface area (Å²) < 4.78 is 0. The summed E-state index contributed by atoms with van der Waals surface area (Å²) in [6.45, 7) is 4.81. The Morgan fingerprint density at radius 3 is 0.867 bits per heavy atom. The van der Waals surface area contributed by atoms with Gasteiger partial charge in [-0.05, 0) is 186 Å². The Bertz CT molecular complexity index is 5540. The lowest BCUT2D eigenvalue weighted by atomic mass is 9.81. The third kappa shape index (κ3) is 11.0. The number of rotatable bonds is 15.